The van der Waals surface area contributed by atoms with Crippen LogP contribution in [0.5, 0.6) is 0 Å². The summed E-state index contributed by atoms with van der Waals surface area (Å²) in [4.78, 5) is 37.9. The molecule has 0 aliphatic carbocycles. The number of hydrogen-bond acceptors (Lipinski definition) is 4. The van der Waals surface area contributed by atoms with Crippen LogP contribution in [0.1, 0.15) is 31.1 Å². The number of rotatable bonds is 6. The first-order valence-corrected chi connectivity index (χ1v) is 9.33. The van der Waals surface area contributed by atoms with E-state index < -0.39 is 5.41 Å². The van der Waals surface area contributed by atoms with Gasteiger partial charge in [-0.1, -0.05) is 32.9 Å². The molecule has 0 saturated heterocycles. The van der Waals surface area contributed by atoms with E-state index in [1.165, 1.54) is 4.90 Å². The molecule has 0 spiro atoms. The van der Waals surface area contributed by atoms with E-state index >= 15 is 0 Å². The molecular formula is C22H28N4O3. The van der Waals surface area contributed by atoms with Crippen molar-refractivity contribution >= 4 is 34.8 Å². The zero-order valence-corrected chi connectivity index (χ0v) is 17.5. The van der Waals surface area contributed by atoms with Crippen LogP contribution >= 0.6 is 0 Å². The number of amides is 3. The third-order valence-corrected chi connectivity index (χ3v) is 4.05. The Hall–Kier alpha value is -3.35. The van der Waals surface area contributed by atoms with E-state index in [-0.39, 0.29) is 24.3 Å². The molecule has 3 N–H and O–H groups in total. The van der Waals surface area contributed by atoms with Gasteiger partial charge in [-0.3, -0.25) is 14.4 Å². The average molecular weight is 396 g/mol. The molecule has 0 aliphatic heterocycles. The Balaban J connectivity index is 1.95. The average Bonchev–Trinajstić information content (AvgIpc) is 2.65. The van der Waals surface area contributed by atoms with Gasteiger partial charge in [0.1, 0.15) is 0 Å². The van der Waals surface area contributed by atoms with E-state index in [0.29, 0.717) is 22.6 Å². The van der Waals surface area contributed by atoms with Gasteiger partial charge in [-0.05, 0) is 36.4 Å². The highest BCUT2D eigenvalue weighted by molar-refractivity contribution is 5.97. The van der Waals surface area contributed by atoms with Gasteiger partial charge in [-0.2, -0.15) is 0 Å². The van der Waals surface area contributed by atoms with Crippen molar-refractivity contribution in [1.82, 2.24) is 4.90 Å². The minimum absolute atomic E-state index is 0.0399. The summed E-state index contributed by atoms with van der Waals surface area (Å²) in [5.41, 5.74) is 1.92. The Morgan fingerprint density at radius 3 is 2.07 bits per heavy atom. The lowest BCUT2D eigenvalue weighted by Crippen LogP contribution is -2.27. The molecule has 0 aromatic heterocycles. The summed E-state index contributed by atoms with van der Waals surface area (Å²) in [5.74, 6) is -0.448. The number of nitrogens with zero attached hydrogens (tertiary/aromatic N) is 1. The van der Waals surface area contributed by atoms with Crippen LogP contribution in [0.3, 0.4) is 0 Å². The molecule has 7 heteroatoms. The predicted molar refractivity (Wildman–Crippen MR) is 116 cm³/mol. The molecule has 0 atom stereocenters. The Morgan fingerprint density at radius 1 is 0.862 bits per heavy atom. The zero-order chi connectivity index (χ0) is 21.6. The van der Waals surface area contributed by atoms with E-state index in [2.05, 4.69) is 16.0 Å². The van der Waals surface area contributed by atoms with Crippen molar-refractivity contribution in [2.45, 2.75) is 20.8 Å². The maximum atomic E-state index is 12.3. The molecule has 0 radical (unpaired) electrons. The van der Waals surface area contributed by atoms with Gasteiger partial charge in [0, 0.05) is 42.1 Å². The highest BCUT2D eigenvalue weighted by atomic mass is 16.2. The van der Waals surface area contributed by atoms with Crippen LogP contribution in [-0.2, 0) is 9.59 Å². The number of carbonyl (C=O) groups excluding carboxylic acids is 3. The zero-order valence-electron chi connectivity index (χ0n) is 17.5. The molecule has 2 rings (SSSR count). The molecule has 2 aromatic carbocycles. The smallest absolute Gasteiger partial charge is 0.253 e. The van der Waals surface area contributed by atoms with Gasteiger partial charge in [-0.25, -0.2) is 0 Å². The fourth-order valence-electron chi connectivity index (χ4n) is 2.40. The van der Waals surface area contributed by atoms with Gasteiger partial charge >= 0.3 is 0 Å². The summed E-state index contributed by atoms with van der Waals surface area (Å²) in [6.07, 6.45) is 0. The predicted octanol–water partition coefficient (Wildman–Crippen LogP) is 3.42. The molecule has 7 nitrogen and oxygen atoms in total. The van der Waals surface area contributed by atoms with Crippen LogP contribution in [0.4, 0.5) is 17.1 Å². The Bertz CT molecular complexity index is 901. The lowest BCUT2D eigenvalue weighted by molar-refractivity contribution is -0.123. The maximum Gasteiger partial charge on any atom is 0.253 e. The van der Waals surface area contributed by atoms with Crippen molar-refractivity contribution in [1.29, 1.82) is 0 Å². The van der Waals surface area contributed by atoms with Crippen molar-refractivity contribution < 1.29 is 14.4 Å². The third-order valence-electron chi connectivity index (χ3n) is 4.05. The van der Waals surface area contributed by atoms with Crippen molar-refractivity contribution in [3.8, 4) is 0 Å². The van der Waals surface area contributed by atoms with Gasteiger partial charge in [-0.15, -0.1) is 0 Å². The van der Waals surface area contributed by atoms with Gasteiger partial charge < -0.3 is 20.9 Å². The summed E-state index contributed by atoms with van der Waals surface area (Å²) in [5, 5.41) is 8.64. The van der Waals surface area contributed by atoms with E-state index in [0.717, 1.165) is 0 Å². The molecule has 0 unspecified atom stereocenters. The topological polar surface area (TPSA) is 90.5 Å². The molecule has 0 saturated carbocycles. The van der Waals surface area contributed by atoms with Crippen LogP contribution in [0, 0.1) is 5.41 Å². The minimum Gasteiger partial charge on any atom is -0.376 e. The third kappa shape index (κ3) is 6.64. The molecule has 2 aromatic rings. The second-order valence-electron chi connectivity index (χ2n) is 7.97. The van der Waals surface area contributed by atoms with Crippen LogP contribution in [0.2, 0.25) is 0 Å². The number of hydrogen-bond donors (Lipinski definition) is 3. The summed E-state index contributed by atoms with van der Waals surface area (Å²) in [7, 11) is 3.38. The summed E-state index contributed by atoms with van der Waals surface area (Å²) in [6, 6.07) is 14.0. The standard InChI is InChI=1S/C22H28N4O3/c1-22(2,3)21(29)25-18-11-7-10-17(13-18)24-19(27)14-23-16-9-6-8-15(12-16)20(28)26(4)5/h6-13,23H,14H2,1-5H3,(H,24,27)(H,25,29). The normalized spacial score (nSPS) is 10.8. The van der Waals surface area contributed by atoms with Gasteiger partial charge in [0.05, 0.1) is 6.54 Å². The monoisotopic (exact) mass is 396 g/mol. The first-order chi connectivity index (χ1) is 13.6. The highest BCUT2D eigenvalue weighted by Crippen LogP contribution is 2.20. The molecule has 29 heavy (non-hydrogen) atoms. The highest BCUT2D eigenvalue weighted by Gasteiger charge is 2.21. The number of carbonyl (C=O) groups is 3. The van der Waals surface area contributed by atoms with E-state index in [4.69, 9.17) is 0 Å². The van der Waals surface area contributed by atoms with Gasteiger partial charge in [0.15, 0.2) is 0 Å². The summed E-state index contributed by atoms with van der Waals surface area (Å²) < 4.78 is 0. The second kappa shape index (κ2) is 9.23. The Kier molecular flexibility index (Phi) is 6.98. The van der Waals surface area contributed by atoms with Crippen molar-refractivity contribution in [3.63, 3.8) is 0 Å². The number of anilines is 3. The van der Waals surface area contributed by atoms with Gasteiger partial charge in [0.25, 0.3) is 5.91 Å². The number of benzene rings is 2. The summed E-state index contributed by atoms with van der Waals surface area (Å²) >= 11 is 0. The first-order valence-electron chi connectivity index (χ1n) is 9.33. The lowest BCUT2D eigenvalue weighted by atomic mass is 9.95. The molecule has 0 aliphatic rings. The molecular weight excluding hydrogens is 368 g/mol. The van der Waals surface area contributed by atoms with Crippen molar-refractivity contribution in [2.24, 2.45) is 5.41 Å². The summed E-state index contributed by atoms with van der Waals surface area (Å²) in [6.45, 7) is 5.54. The molecule has 0 fully saturated rings. The quantitative estimate of drug-likeness (QED) is 0.698. The molecule has 154 valence electrons. The van der Waals surface area contributed by atoms with E-state index in [1.807, 2.05) is 20.8 Å². The van der Waals surface area contributed by atoms with E-state index in [1.54, 1.807) is 62.6 Å². The van der Waals surface area contributed by atoms with Crippen LogP contribution in [0.25, 0.3) is 0 Å². The second-order valence-corrected chi connectivity index (χ2v) is 7.97. The molecule has 0 bridgehead atoms. The Labute approximate surface area is 171 Å². The lowest BCUT2D eigenvalue weighted by Gasteiger charge is -2.18. The minimum atomic E-state index is -0.508. The van der Waals surface area contributed by atoms with Crippen LogP contribution < -0.4 is 16.0 Å². The first kappa shape index (κ1) is 21.9. The van der Waals surface area contributed by atoms with Gasteiger partial charge in [0.2, 0.25) is 11.8 Å². The fourth-order valence-corrected chi connectivity index (χ4v) is 2.40. The van der Waals surface area contributed by atoms with Crippen molar-refractivity contribution in [2.75, 3.05) is 36.6 Å². The Morgan fingerprint density at radius 2 is 1.45 bits per heavy atom. The fraction of sp³-hybridized carbons (Fsp3) is 0.318. The van der Waals surface area contributed by atoms with Crippen LogP contribution in [0.15, 0.2) is 48.5 Å². The SMILES string of the molecule is CN(C)C(=O)c1cccc(NCC(=O)Nc2cccc(NC(=O)C(C)(C)C)c2)c1. The molecule has 0 heterocycles. The maximum absolute atomic E-state index is 12.3. The van der Waals surface area contributed by atoms with E-state index in [9.17, 15) is 14.4 Å². The number of nitrogens with one attached hydrogen (secondary N) is 3. The van der Waals surface area contributed by atoms with Crippen LogP contribution in [-0.4, -0.2) is 43.3 Å². The molecule has 3 amide bonds. The van der Waals surface area contributed by atoms with Crippen molar-refractivity contribution in [3.05, 3.63) is 54.1 Å². The largest absolute Gasteiger partial charge is 0.376 e.